The van der Waals surface area contributed by atoms with Crippen molar-refractivity contribution in [2.45, 2.75) is 32.6 Å². The van der Waals surface area contributed by atoms with Gasteiger partial charge in [0.2, 0.25) is 0 Å². The van der Waals surface area contributed by atoms with Gasteiger partial charge in [-0.25, -0.2) is 0 Å². The standard InChI is InChI=1S/C10H18O2/c1-3-5-8-12-9-6-7-10(11)4-2/h3H,1,4-9H2,2H3. The van der Waals surface area contributed by atoms with Crippen molar-refractivity contribution in [3.63, 3.8) is 0 Å². The van der Waals surface area contributed by atoms with Crippen LogP contribution in [0.5, 0.6) is 0 Å². The molecule has 0 atom stereocenters. The van der Waals surface area contributed by atoms with Gasteiger partial charge >= 0.3 is 0 Å². The zero-order valence-electron chi connectivity index (χ0n) is 7.84. The van der Waals surface area contributed by atoms with Crippen LogP contribution in [0.15, 0.2) is 12.7 Å². The van der Waals surface area contributed by atoms with Crippen LogP contribution in [0.3, 0.4) is 0 Å². The number of ketones is 1. The van der Waals surface area contributed by atoms with Crippen LogP contribution in [0.2, 0.25) is 0 Å². The minimum absolute atomic E-state index is 0.322. The van der Waals surface area contributed by atoms with Crippen LogP contribution in [0, 0.1) is 0 Å². The second-order valence-corrected chi connectivity index (χ2v) is 2.69. The molecule has 0 aromatic heterocycles. The molecule has 0 aliphatic heterocycles. The van der Waals surface area contributed by atoms with E-state index in [4.69, 9.17) is 4.74 Å². The van der Waals surface area contributed by atoms with Crippen LogP contribution in [-0.4, -0.2) is 19.0 Å². The normalized spacial score (nSPS) is 9.75. The Bertz CT molecular complexity index is 130. The van der Waals surface area contributed by atoms with Crippen molar-refractivity contribution in [2.75, 3.05) is 13.2 Å². The quantitative estimate of drug-likeness (QED) is 0.413. The molecule has 0 heterocycles. The maximum absolute atomic E-state index is 10.8. The number of hydrogen-bond donors (Lipinski definition) is 0. The third-order valence-electron chi connectivity index (χ3n) is 1.60. The Labute approximate surface area is 74.6 Å². The third kappa shape index (κ3) is 7.48. The fourth-order valence-electron chi connectivity index (χ4n) is 0.817. The first-order valence-electron chi connectivity index (χ1n) is 4.51. The summed E-state index contributed by atoms with van der Waals surface area (Å²) in [7, 11) is 0. The van der Waals surface area contributed by atoms with Crippen LogP contribution in [0.1, 0.15) is 32.6 Å². The van der Waals surface area contributed by atoms with E-state index >= 15 is 0 Å². The molecule has 0 aromatic rings. The van der Waals surface area contributed by atoms with Crippen molar-refractivity contribution in [2.24, 2.45) is 0 Å². The van der Waals surface area contributed by atoms with Crippen molar-refractivity contribution >= 4 is 5.78 Å². The summed E-state index contributed by atoms with van der Waals surface area (Å²) in [6, 6.07) is 0. The molecule has 0 saturated heterocycles. The first kappa shape index (κ1) is 11.4. The minimum atomic E-state index is 0.322. The predicted octanol–water partition coefficient (Wildman–Crippen LogP) is 2.34. The van der Waals surface area contributed by atoms with E-state index in [1.54, 1.807) is 0 Å². The molecular weight excluding hydrogens is 152 g/mol. The van der Waals surface area contributed by atoms with Gasteiger partial charge in [-0.2, -0.15) is 0 Å². The Morgan fingerprint density at radius 1 is 1.50 bits per heavy atom. The fourth-order valence-corrected chi connectivity index (χ4v) is 0.817. The van der Waals surface area contributed by atoms with Crippen LogP contribution >= 0.6 is 0 Å². The average Bonchev–Trinajstić information content (AvgIpc) is 2.10. The Kier molecular flexibility index (Phi) is 8.02. The first-order valence-corrected chi connectivity index (χ1v) is 4.51. The van der Waals surface area contributed by atoms with E-state index in [2.05, 4.69) is 6.58 Å². The second kappa shape index (κ2) is 8.47. The average molecular weight is 170 g/mol. The number of ether oxygens (including phenoxy) is 1. The van der Waals surface area contributed by atoms with Crippen molar-refractivity contribution < 1.29 is 9.53 Å². The lowest BCUT2D eigenvalue weighted by Gasteiger charge is -2.00. The summed E-state index contributed by atoms with van der Waals surface area (Å²) >= 11 is 0. The van der Waals surface area contributed by atoms with Crippen LogP contribution in [0.4, 0.5) is 0 Å². The summed E-state index contributed by atoms with van der Waals surface area (Å²) in [6.45, 7) is 6.90. The number of rotatable bonds is 8. The van der Waals surface area contributed by atoms with E-state index in [1.165, 1.54) is 0 Å². The van der Waals surface area contributed by atoms with Gasteiger partial charge in [-0.05, 0) is 12.8 Å². The summed E-state index contributed by atoms with van der Waals surface area (Å²) in [4.78, 5) is 10.8. The van der Waals surface area contributed by atoms with E-state index in [-0.39, 0.29) is 0 Å². The molecule has 0 amide bonds. The van der Waals surface area contributed by atoms with E-state index in [0.717, 1.165) is 19.4 Å². The molecule has 0 aliphatic rings. The van der Waals surface area contributed by atoms with E-state index in [0.29, 0.717) is 25.2 Å². The second-order valence-electron chi connectivity index (χ2n) is 2.69. The third-order valence-corrected chi connectivity index (χ3v) is 1.60. The van der Waals surface area contributed by atoms with Crippen LogP contribution in [-0.2, 0) is 9.53 Å². The van der Waals surface area contributed by atoms with Gasteiger partial charge in [0.25, 0.3) is 0 Å². The number of carbonyl (C=O) groups excluding carboxylic acids is 1. The summed E-state index contributed by atoms with van der Waals surface area (Å²) in [5.74, 6) is 0.322. The van der Waals surface area contributed by atoms with Gasteiger partial charge in [0.1, 0.15) is 5.78 Å². The molecule has 0 unspecified atom stereocenters. The van der Waals surface area contributed by atoms with Gasteiger partial charge in [-0.15, -0.1) is 6.58 Å². The molecule has 0 N–H and O–H groups in total. The van der Waals surface area contributed by atoms with Crippen molar-refractivity contribution in [3.8, 4) is 0 Å². The van der Waals surface area contributed by atoms with Crippen LogP contribution < -0.4 is 0 Å². The molecule has 0 aromatic carbocycles. The van der Waals surface area contributed by atoms with Gasteiger partial charge in [-0.3, -0.25) is 4.79 Å². The molecule has 0 fully saturated rings. The van der Waals surface area contributed by atoms with E-state index < -0.39 is 0 Å². The zero-order chi connectivity index (χ0) is 9.23. The SMILES string of the molecule is C=CCCOCCCC(=O)CC. The maximum Gasteiger partial charge on any atom is 0.132 e. The number of carbonyl (C=O) groups is 1. The fraction of sp³-hybridized carbons (Fsp3) is 0.700. The van der Waals surface area contributed by atoms with Crippen LogP contribution in [0.25, 0.3) is 0 Å². The zero-order valence-corrected chi connectivity index (χ0v) is 7.84. The van der Waals surface area contributed by atoms with E-state index in [9.17, 15) is 4.79 Å². The van der Waals surface area contributed by atoms with E-state index in [1.807, 2.05) is 13.0 Å². The van der Waals surface area contributed by atoms with Gasteiger partial charge in [0, 0.05) is 26.1 Å². The van der Waals surface area contributed by atoms with Gasteiger partial charge in [0.15, 0.2) is 0 Å². The molecule has 12 heavy (non-hydrogen) atoms. The molecule has 0 radical (unpaired) electrons. The Morgan fingerprint density at radius 3 is 2.83 bits per heavy atom. The highest BCUT2D eigenvalue weighted by Crippen LogP contribution is 1.95. The predicted molar refractivity (Wildman–Crippen MR) is 50.2 cm³/mol. The van der Waals surface area contributed by atoms with Crippen molar-refractivity contribution in [1.82, 2.24) is 0 Å². The summed E-state index contributed by atoms with van der Waals surface area (Å²) < 4.78 is 5.25. The molecule has 2 heteroatoms. The molecule has 70 valence electrons. The highest BCUT2D eigenvalue weighted by molar-refractivity contribution is 5.77. The molecule has 0 spiro atoms. The summed E-state index contributed by atoms with van der Waals surface area (Å²) in [6.07, 6.45) is 4.87. The molecule has 0 rings (SSSR count). The highest BCUT2D eigenvalue weighted by atomic mass is 16.5. The Balaban J connectivity index is 3.00. The molecule has 0 bridgehead atoms. The van der Waals surface area contributed by atoms with Crippen molar-refractivity contribution in [1.29, 1.82) is 0 Å². The molecular formula is C10H18O2. The van der Waals surface area contributed by atoms with Gasteiger partial charge < -0.3 is 4.74 Å². The van der Waals surface area contributed by atoms with Gasteiger partial charge in [0.05, 0.1) is 0 Å². The van der Waals surface area contributed by atoms with Crippen molar-refractivity contribution in [3.05, 3.63) is 12.7 Å². The smallest absolute Gasteiger partial charge is 0.132 e. The lowest BCUT2D eigenvalue weighted by Crippen LogP contribution is -2.00. The molecule has 0 saturated carbocycles. The Morgan fingerprint density at radius 2 is 2.25 bits per heavy atom. The van der Waals surface area contributed by atoms with Gasteiger partial charge in [-0.1, -0.05) is 13.0 Å². The molecule has 0 aliphatic carbocycles. The maximum atomic E-state index is 10.8. The summed E-state index contributed by atoms with van der Waals surface area (Å²) in [5.41, 5.74) is 0. The number of hydrogen-bond acceptors (Lipinski definition) is 2. The highest BCUT2D eigenvalue weighted by Gasteiger charge is 1.96. The largest absolute Gasteiger partial charge is 0.381 e. The lowest BCUT2D eigenvalue weighted by molar-refractivity contribution is -0.119. The lowest BCUT2D eigenvalue weighted by atomic mass is 10.2. The Hall–Kier alpha value is -0.630. The first-order chi connectivity index (χ1) is 5.81. The summed E-state index contributed by atoms with van der Waals surface area (Å²) in [5, 5.41) is 0. The topological polar surface area (TPSA) is 26.3 Å². The number of Topliss-reactive ketones (excluding diaryl/α,β-unsaturated/α-hetero) is 1. The minimum Gasteiger partial charge on any atom is -0.381 e. The monoisotopic (exact) mass is 170 g/mol. The molecule has 2 nitrogen and oxygen atoms in total.